The highest BCUT2D eigenvalue weighted by Gasteiger charge is 2.12. The zero-order valence-corrected chi connectivity index (χ0v) is 12.9. The Morgan fingerprint density at radius 2 is 1.95 bits per heavy atom. The lowest BCUT2D eigenvalue weighted by molar-refractivity contribution is 0.469. The molecule has 2 nitrogen and oxygen atoms in total. The third-order valence-electron chi connectivity index (χ3n) is 2.87. The van der Waals surface area contributed by atoms with Crippen LogP contribution in [0.3, 0.4) is 0 Å². The Kier molecular flexibility index (Phi) is 4.86. The van der Waals surface area contributed by atoms with Gasteiger partial charge in [-0.25, -0.2) is 0 Å². The Balaban J connectivity index is 2.33. The van der Waals surface area contributed by atoms with Crippen LogP contribution < -0.4 is 10.5 Å². The predicted octanol–water partition coefficient (Wildman–Crippen LogP) is 5.30. The van der Waals surface area contributed by atoms with Crippen LogP contribution in [0.25, 0.3) is 0 Å². The van der Waals surface area contributed by atoms with Crippen LogP contribution in [0.1, 0.15) is 24.9 Å². The maximum absolute atomic E-state index is 6.16. The average molecular weight is 341 g/mol. The molecule has 0 aliphatic carbocycles. The molecule has 0 heterocycles. The van der Waals surface area contributed by atoms with E-state index in [0.29, 0.717) is 10.8 Å². The summed E-state index contributed by atoms with van der Waals surface area (Å²) in [5.74, 6) is 1.38. The first-order valence-corrected chi connectivity index (χ1v) is 7.26. The molecule has 0 bridgehead atoms. The maximum atomic E-state index is 6.16. The second kappa shape index (κ2) is 6.42. The van der Waals surface area contributed by atoms with Gasteiger partial charge in [0.2, 0.25) is 0 Å². The monoisotopic (exact) mass is 339 g/mol. The lowest BCUT2D eigenvalue weighted by Gasteiger charge is -2.16. The Labute approximate surface area is 126 Å². The number of hydrogen-bond acceptors (Lipinski definition) is 2. The van der Waals surface area contributed by atoms with E-state index < -0.39 is 0 Å². The highest BCUT2D eigenvalue weighted by molar-refractivity contribution is 9.10. The summed E-state index contributed by atoms with van der Waals surface area (Å²) >= 11 is 9.53. The largest absolute Gasteiger partial charge is 0.455 e. The SMILES string of the molecule is CCC(N)c1ccccc1Oc1ccc(Br)cc1Cl. The van der Waals surface area contributed by atoms with Crippen LogP contribution in [0, 0.1) is 0 Å². The van der Waals surface area contributed by atoms with Crippen LogP contribution in [0.2, 0.25) is 5.02 Å². The van der Waals surface area contributed by atoms with Gasteiger partial charge < -0.3 is 10.5 Å². The average Bonchev–Trinajstić information content (AvgIpc) is 2.41. The van der Waals surface area contributed by atoms with Gasteiger partial charge >= 0.3 is 0 Å². The number of rotatable bonds is 4. The number of para-hydroxylation sites is 1. The van der Waals surface area contributed by atoms with Gasteiger partial charge in [0.05, 0.1) is 5.02 Å². The molecule has 2 rings (SSSR count). The van der Waals surface area contributed by atoms with Crippen molar-refractivity contribution in [3.8, 4) is 11.5 Å². The summed E-state index contributed by atoms with van der Waals surface area (Å²) in [7, 11) is 0. The number of hydrogen-bond donors (Lipinski definition) is 1. The molecule has 0 aliphatic rings. The fourth-order valence-corrected chi connectivity index (χ4v) is 2.49. The van der Waals surface area contributed by atoms with Gasteiger partial charge in [-0.05, 0) is 30.7 Å². The van der Waals surface area contributed by atoms with E-state index in [-0.39, 0.29) is 6.04 Å². The molecule has 100 valence electrons. The Bertz CT molecular complexity index is 574. The fraction of sp³-hybridized carbons (Fsp3) is 0.200. The summed E-state index contributed by atoms with van der Waals surface area (Å²) in [5, 5.41) is 0.564. The van der Waals surface area contributed by atoms with Gasteiger partial charge in [0.25, 0.3) is 0 Å². The van der Waals surface area contributed by atoms with Gasteiger partial charge in [0.1, 0.15) is 11.5 Å². The van der Waals surface area contributed by atoms with E-state index >= 15 is 0 Å². The third-order valence-corrected chi connectivity index (χ3v) is 3.66. The standard InChI is InChI=1S/C15H15BrClNO/c1-2-13(18)11-5-3-4-6-14(11)19-15-8-7-10(16)9-12(15)17/h3-9,13H,2,18H2,1H3. The molecule has 0 amide bonds. The molecule has 2 aromatic carbocycles. The molecule has 0 spiro atoms. The van der Waals surface area contributed by atoms with E-state index in [0.717, 1.165) is 22.2 Å². The molecule has 19 heavy (non-hydrogen) atoms. The zero-order chi connectivity index (χ0) is 13.8. The summed E-state index contributed by atoms with van der Waals surface area (Å²) in [4.78, 5) is 0. The highest BCUT2D eigenvalue weighted by atomic mass is 79.9. The van der Waals surface area contributed by atoms with Gasteiger partial charge in [-0.1, -0.05) is 52.7 Å². The lowest BCUT2D eigenvalue weighted by Crippen LogP contribution is -2.09. The van der Waals surface area contributed by atoms with Gasteiger partial charge in [-0.2, -0.15) is 0 Å². The second-order valence-corrected chi connectivity index (χ2v) is 5.55. The third kappa shape index (κ3) is 3.50. The van der Waals surface area contributed by atoms with Gasteiger partial charge in [-0.15, -0.1) is 0 Å². The van der Waals surface area contributed by atoms with Gasteiger partial charge in [-0.3, -0.25) is 0 Å². The molecule has 4 heteroatoms. The quantitative estimate of drug-likeness (QED) is 0.819. The molecular formula is C15H15BrClNO. The minimum absolute atomic E-state index is 0.0366. The summed E-state index contributed by atoms with van der Waals surface area (Å²) < 4.78 is 6.81. The second-order valence-electron chi connectivity index (χ2n) is 4.23. The smallest absolute Gasteiger partial charge is 0.146 e. The maximum Gasteiger partial charge on any atom is 0.146 e. The van der Waals surface area contributed by atoms with Crippen LogP contribution in [-0.4, -0.2) is 0 Å². The molecular weight excluding hydrogens is 326 g/mol. The summed E-state index contributed by atoms with van der Waals surface area (Å²) in [6, 6.07) is 13.3. The van der Waals surface area contributed by atoms with Crippen molar-refractivity contribution in [3.05, 3.63) is 57.5 Å². The molecule has 0 saturated heterocycles. The van der Waals surface area contributed by atoms with Crippen molar-refractivity contribution < 1.29 is 4.74 Å². The minimum atomic E-state index is -0.0366. The first-order chi connectivity index (χ1) is 9.11. The number of halogens is 2. The first kappa shape index (κ1) is 14.4. The zero-order valence-electron chi connectivity index (χ0n) is 10.6. The van der Waals surface area contributed by atoms with E-state index in [4.69, 9.17) is 22.1 Å². The van der Waals surface area contributed by atoms with Crippen molar-refractivity contribution in [3.63, 3.8) is 0 Å². The Morgan fingerprint density at radius 1 is 1.21 bits per heavy atom. The first-order valence-electron chi connectivity index (χ1n) is 6.09. The van der Waals surface area contributed by atoms with Crippen LogP contribution >= 0.6 is 27.5 Å². The summed E-state index contributed by atoms with van der Waals surface area (Å²) in [6.45, 7) is 2.05. The van der Waals surface area contributed by atoms with Crippen molar-refractivity contribution in [2.45, 2.75) is 19.4 Å². The minimum Gasteiger partial charge on any atom is -0.455 e. The van der Waals surface area contributed by atoms with Crippen LogP contribution in [0.15, 0.2) is 46.9 Å². The molecule has 0 saturated carbocycles. The highest BCUT2D eigenvalue weighted by Crippen LogP contribution is 2.34. The number of nitrogens with two attached hydrogens (primary N) is 1. The van der Waals surface area contributed by atoms with E-state index in [1.165, 1.54) is 0 Å². The van der Waals surface area contributed by atoms with Crippen molar-refractivity contribution in [1.82, 2.24) is 0 Å². The van der Waals surface area contributed by atoms with Gasteiger partial charge in [0.15, 0.2) is 0 Å². The van der Waals surface area contributed by atoms with Crippen LogP contribution in [0.5, 0.6) is 11.5 Å². The normalized spacial score (nSPS) is 12.2. The number of ether oxygens (including phenoxy) is 1. The molecule has 0 aliphatic heterocycles. The Hall–Kier alpha value is -1.03. The van der Waals surface area contributed by atoms with E-state index in [1.807, 2.05) is 43.3 Å². The van der Waals surface area contributed by atoms with E-state index in [2.05, 4.69) is 15.9 Å². The topological polar surface area (TPSA) is 35.2 Å². The molecule has 2 aromatic rings. The molecule has 2 N–H and O–H groups in total. The fourth-order valence-electron chi connectivity index (χ4n) is 1.78. The summed E-state index contributed by atoms with van der Waals surface area (Å²) in [6.07, 6.45) is 0.856. The molecule has 1 unspecified atom stereocenters. The summed E-state index contributed by atoms with van der Waals surface area (Å²) in [5.41, 5.74) is 7.08. The van der Waals surface area contributed by atoms with Crippen LogP contribution in [-0.2, 0) is 0 Å². The molecule has 0 radical (unpaired) electrons. The van der Waals surface area contributed by atoms with Crippen molar-refractivity contribution in [2.75, 3.05) is 0 Å². The molecule has 0 aromatic heterocycles. The molecule has 1 atom stereocenters. The van der Waals surface area contributed by atoms with E-state index in [1.54, 1.807) is 6.07 Å². The van der Waals surface area contributed by atoms with Crippen LogP contribution in [0.4, 0.5) is 0 Å². The van der Waals surface area contributed by atoms with Crippen molar-refractivity contribution in [2.24, 2.45) is 5.73 Å². The van der Waals surface area contributed by atoms with Crippen molar-refractivity contribution >= 4 is 27.5 Å². The number of benzene rings is 2. The van der Waals surface area contributed by atoms with Gasteiger partial charge in [0, 0.05) is 16.1 Å². The van der Waals surface area contributed by atoms with Crippen molar-refractivity contribution in [1.29, 1.82) is 0 Å². The molecule has 0 fully saturated rings. The Morgan fingerprint density at radius 3 is 2.63 bits per heavy atom. The predicted molar refractivity (Wildman–Crippen MR) is 82.9 cm³/mol. The lowest BCUT2D eigenvalue weighted by atomic mass is 10.0. The van der Waals surface area contributed by atoms with E-state index in [9.17, 15) is 0 Å².